The van der Waals surface area contributed by atoms with E-state index < -0.39 is 0 Å². The van der Waals surface area contributed by atoms with E-state index in [1.807, 2.05) is 26.8 Å². The Morgan fingerprint density at radius 2 is 1.80 bits per heavy atom. The van der Waals surface area contributed by atoms with E-state index in [2.05, 4.69) is 24.1 Å². The Kier molecular flexibility index (Phi) is 6.25. The van der Waals surface area contributed by atoms with Gasteiger partial charge in [-0.1, -0.05) is 19.9 Å². The molecular weight excluding hydrogens is 188 g/mol. The Bertz CT molecular complexity index is 212. The first kappa shape index (κ1) is 14.2. The molecule has 0 fully saturated rings. The number of nitrogens with zero attached hydrogens (tertiary/aromatic N) is 1. The van der Waals surface area contributed by atoms with Crippen molar-refractivity contribution >= 4 is 5.91 Å². The summed E-state index contributed by atoms with van der Waals surface area (Å²) in [5.41, 5.74) is -0.156. The summed E-state index contributed by atoms with van der Waals surface area (Å²) in [7, 11) is 0. The average Bonchev–Trinajstić information content (AvgIpc) is 2.09. The molecule has 0 atom stereocenters. The molecule has 0 aliphatic carbocycles. The van der Waals surface area contributed by atoms with Gasteiger partial charge in [-0.2, -0.15) is 0 Å². The van der Waals surface area contributed by atoms with Gasteiger partial charge in [-0.15, -0.1) is 0 Å². The fourth-order valence-corrected chi connectivity index (χ4v) is 1.20. The van der Waals surface area contributed by atoms with Crippen LogP contribution in [0.2, 0.25) is 0 Å². The molecule has 0 radical (unpaired) electrons. The van der Waals surface area contributed by atoms with Crippen LogP contribution in [0.25, 0.3) is 0 Å². The molecule has 0 unspecified atom stereocenters. The van der Waals surface area contributed by atoms with Crippen LogP contribution in [-0.2, 0) is 4.79 Å². The van der Waals surface area contributed by atoms with Crippen molar-refractivity contribution in [3.8, 4) is 0 Å². The van der Waals surface area contributed by atoms with Crippen molar-refractivity contribution in [3.63, 3.8) is 0 Å². The van der Waals surface area contributed by atoms with Crippen LogP contribution in [0.1, 0.15) is 34.6 Å². The topological polar surface area (TPSA) is 32.3 Å². The zero-order valence-corrected chi connectivity index (χ0v) is 10.6. The van der Waals surface area contributed by atoms with Gasteiger partial charge in [0.2, 0.25) is 5.91 Å². The molecule has 0 aromatic rings. The third-order valence-electron chi connectivity index (χ3n) is 2.03. The highest BCUT2D eigenvalue weighted by atomic mass is 16.1. The van der Waals surface area contributed by atoms with E-state index in [0.29, 0.717) is 0 Å². The van der Waals surface area contributed by atoms with Crippen LogP contribution in [0.4, 0.5) is 0 Å². The minimum Gasteiger partial charge on any atom is -0.348 e. The third kappa shape index (κ3) is 8.18. The summed E-state index contributed by atoms with van der Waals surface area (Å²) >= 11 is 0. The minimum atomic E-state index is -0.156. The van der Waals surface area contributed by atoms with Crippen molar-refractivity contribution in [1.82, 2.24) is 10.2 Å². The summed E-state index contributed by atoms with van der Waals surface area (Å²) in [4.78, 5) is 13.7. The molecule has 1 N–H and O–H groups in total. The van der Waals surface area contributed by atoms with Crippen molar-refractivity contribution in [1.29, 1.82) is 0 Å². The first-order chi connectivity index (χ1) is 6.89. The molecule has 0 aliphatic heterocycles. The molecule has 0 bridgehead atoms. The second-order valence-corrected chi connectivity index (χ2v) is 4.63. The van der Waals surface area contributed by atoms with Gasteiger partial charge in [-0.25, -0.2) is 0 Å². The molecule has 0 aromatic carbocycles. The molecule has 0 rings (SSSR count). The van der Waals surface area contributed by atoms with Gasteiger partial charge in [0.15, 0.2) is 0 Å². The van der Waals surface area contributed by atoms with Gasteiger partial charge in [0.25, 0.3) is 0 Å². The van der Waals surface area contributed by atoms with E-state index in [-0.39, 0.29) is 11.4 Å². The van der Waals surface area contributed by atoms with E-state index >= 15 is 0 Å². The monoisotopic (exact) mass is 212 g/mol. The van der Waals surface area contributed by atoms with Crippen LogP contribution in [0, 0.1) is 0 Å². The Labute approximate surface area is 93.5 Å². The normalized spacial score (nSPS) is 12.4. The second kappa shape index (κ2) is 6.62. The lowest BCUT2D eigenvalue weighted by Gasteiger charge is -2.19. The molecule has 15 heavy (non-hydrogen) atoms. The van der Waals surface area contributed by atoms with Gasteiger partial charge in [0.1, 0.15) is 0 Å². The van der Waals surface area contributed by atoms with Crippen LogP contribution in [-0.4, -0.2) is 36.0 Å². The van der Waals surface area contributed by atoms with E-state index in [1.165, 1.54) is 0 Å². The predicted octanol–water partition coefficient (Wildman–Crippen LogP) is 1.80. The molecule has 0 spiro atoms. The Balaban J connectivity index is 3.91. The van der Waals surface area contributed by atoms with Gasteiger partial charge in [0, 0.05) is 18.2 Å². The van der Waals surface area contributed by atoms with E-state index in [4.69, 9.17) is 0 Å². The summed E-state index contributed by atoms with van der Waals surface area (Å²) in [6.45, 7) is 13.0. The summed E-state index contributed by atoms with van der Waals surface area (Å²) in [5, 5.41) is 2.88. The van der Waals surface area contributed by atoms with Crippen molar-refractivity contribution in [2.45, 2.75) is 40.2 Å². The molecule has 0 heterocycles. The van der Waals surface area contributed by atoms with Gasteiger partial charge in [-0.3, -0.25) is 4.79 Å². The molecule has 0 saturated carbocycles. The maximum Gasteiger partial charge on any atom is 0.244 e. The fraction of sp³-hybridized carbons (Fsp3) is 0.750. The van der Waals surface area contributed by atoms with Crippen molar-refractivity contribution in [3.05, 3.63) is 12.2 Å². The molecule has 3 heteroatoms. The molecule has 0 aromatic heterocycles. The largest absolute Gasteiger partial charge is 0.348 e. The van der Waals surface area contributed by atoms with E-state index in [9.17, 15) is 4.79 Å². The number of likely N-dealkylation sites (N-methyl/N-ethyl adjacent to an activating group) is 1. The highest BCUT2D eigenvalue weighted by molar-refractivity contribution is 5.87. The zero-order valence-electron chi connectivity index (χ0n) is 10.6. The average molecular weight is 212 g/mol. The van der Waals surface area contributed by atoms with E-state index in [1.54, 1.807) is 6.08 Å². The maximum absolute atomic E-state index is 11.4. The molecule has 0 aliphatic rings. The number of nitrogens with one attached hydrogen (secondary N) is 1. The number of hydrogen-bond acceptors (Lipinski definition) is 2. The number of carbonyl (C=O) groups excluding carboxylic acids is 1. The Hall–Kier alpha value is -0.830. The summed E-state index contributed by atoms with van der Waals surface area (Å²) in [6, 6.07) is 0. The smallest absolute Gasteiger partial charge is 0.244 e. The van der Waals surface area contributed by atoms with Gasteiger partial charge >= 0.3 is 0 Å². The van der Waals surface area contributed by atoms with Crippen LogP contribution in [0.5, 0.6) is 0 Å². The standard InChI is InChI=1S/C12H24N2O/c1-6-14(7-2)10-8-9-11(15)13-12(3,4)5/h8-9H,6-7,10H2,1-5H3,(H,13,15)/b9-8+. The lowest BCUT2D eigenvalue weighted by Crippen LogP contribution is -2.39. The van der Waals surface area contributed by atoms with Crippen LogP contribution >= 0.6 is 0 Å². The van der Waals surface area contributed by atoms with Crippen molar-refractivity contribution in [2.75, 3.05) is 19.6 Å². The highest BCUT2D eigenvalue weighted by Crippen LogP contribution is 1.98. The first-order valence-corrected chi connectivity index (χ1v) is 5.60. The third-order valence-corrected chi connectivity index (χ3v) is 2.03. The molecule has 1 amide bonds. The van der Waals surface area contributed by atoms with Crippen LogP contribution in [0.15, 0.2) is 12.2 Å². The SMILES string of the molecule is CCN(CC)C/C=C/C(=O)NC(C)(C)C. The minimum absolute atomic E-state index is 0.0188. The highest BCUT2D eigenvalue weighted by Gasteiger charge is 2.10. The van der Waals surface area contributed by atoms with Gasteiger partial charge < -0.3 is 10.2 Å². The zero-order chi connectivity index (χ0) is 11.9. The quantitative estimate of drug-likeness (QED) is 0.705. The lowest BCUT2D eigenvalue weighted by atomic mass is 10.1. The number of hydrogen-bond donors (Lipinski definition) is 1. The van der Waals surface area contributed by atoms with Crippen molar-refractivity contribution < 1.29 is 4.79 Å². The van der Waals surface area contributed by atoms with Crippen LogP contribution < -0.4 is 5.32 Å². The number of amides is 1. The van der Waals surface area contributed by atoms with Gasteiger partial charge in [0.05, 0.1) is 0 Å². The number of carbonyl (C=O) groups is 1. The first-order valence-electron chi connectivity index (χ1n) is 5.60. The van der Waals surface area contributed by atoms with Gasteiger partial charge in [-0.05, 0) is 33.9 Å². The molecule has 88 valence electrons. The van der Waals surface area contributed by atoms with E-state index in [0.717, 1.165) is 19.6 Å². The maximum atomic E-state index is 11.4. The molecule has 3 nitrogen and oxygen atoms in total. The Morgan fingerprint density at radius 1 is 1.27 bits per heavy atom. The second-order valence-electron chi connectivity index (χ2n) is 4.63. The Morgan fingerprint density at radius 3 is 2.20 bits per heavy atom. The number of rotatable bonds is 5. The molecule has 0 saturated heterocycles. The predicted molar refractivity (Wildman–Crippen MR) is 64.8 cm³/mol. The summed E-state index contributed by atoms with van der Waals surface area (Å²) < 4.78 is 0. The fourth-order valence-electron chi connectivity index (χ4n) is 1.20. The molecular formula is C12H24N2O. The summed E-state index contributed by atoms with van der Waals surface area (Å²) in [5.74, 6) is -0.0188. The van der Waals surface area contributed by atoms with Crippen molar-refractivity contribution in [2.24, 2.45) is 0 Å². The summed E-state index contributed by atoms with van der Waals surface area (Å²) in [6.07, 6.45) is 3.53. The van der Waals surface area contributed by atoms with Crippen LogP contribution in [0.3, 0.4) is 0 Å². The lowest BCUT2D eigenvalue weighted by molar-refractivity contribution is -0.117.